The van der Waals surface area contributed by atoms with Gasteiger partial charge in [0.25, 0.3) is 0 Å². The van der Waals surface area contributed by atoms with E-state index in [9.17, 15) is 12.8 Å². The minimum absolute atomic E-state index is 0.0166. The van der Waals surface area contributed by atoms with Crippen molar-refractivity contribution in [3.05, 3.63) is 66.2 Å². The Kier molecular flexibility index (Phi) is 6.09. The Morgan fingerprint density at radius 2 is 1.77 bits per heavy atom. The van der Waals surface area contributed by atoms with Crippen molar-refractivity contribution >= 4 is 15.8 Å². The maximum absolute atomic E-state index is 14.2. The van der Waals surface area contributed by atoms with Gasteiger partial charge in [0.1, 0.15) is 23.2 Å². The third-order valence-corrected chi connectivity index (χ3v) is 7.39. The molecule has 4 aromatic rings. The fourth-order valence-electron chi connectivity index (χ4n) is 3.77. The van der Waals surface area contributed by atoms with Crippen LogP contribution in [0.1, 0.15) is 5.82 Å². The van der Waals surface area contributed by atoms with E-state index in [1.165, 1.54) is 16.4 Å². The maximum atomic E-state index is 14.2. The summed E-state index contributed by atoms with van der Waals surface area (Å²) in [4.78, 5) is 10.8. The standard InChI is InChI=1S/C22H21FN8O3S/c1-15-24-20(14-21(25-15)34-16-5-3-2-4-6-16)30-9-11-31(12-10-30)35(32,33)17-7-8-19(23)18(13-17)22-26-28-29-27-22/h2-8,13-14H,9-12H2,1H3,(H,26,27,28,29). The Morgan fingerprint density at radius 1 is 1.00 bits per heavy atom. The molecule has 0 unspecified atom stereocenters. The van der Waals surface area contributed by atoms with E-state index in [2.05, 4.69) is 30.6 Å². The van der Waals surface area contributed by atoms with Gasteiger partial charge >= 0.3 is 0 Å². The fraction of sp³-hybridized carbons (Fsp3) is 0.227. The molecule has 0 radical (unpaired) electrons. The van der Waals surface area contributed by atoms with Crippen LogP contribution in [-0.4, -0.2) is 69.5 Å². The SMILES string of the molecule is Cc1nc(Oc2ccccc2)cc(N2CCN(S(=O)(=O)c3ccc(F)c(-c4nn[nH]n4)c3)CC2)n1. The molecule has 1 N–H and O–H groups in total. The lowest BCUT2D eigenvalue weighted by molar-refractivity contribution is 0.383. The van der Waals surface area contributed by atoms with Gasteiger partial charge in [-0.3, -0.25) is 0 Å². The van der Waals surface area contributed by atoms with Crippen LogP contribution in [0.25, 0.3) is 11.4 Å². The van der Waals surface area contributed by atoms with E-state index < -0.39 is 15.8 Å². The summed E-state index contributed by atoms with van der Waals surface area (Å²) in [6, 6.07) is 14.6. The third-order valence-electron chi connectivity index (χ3n) is 5.49. The number of aryl methyl sites for hydroxylation is 1. The number of sulfonamides is 1. The Labute approximate surface area is 200 Å². The molecular formula is C22H21FN8O3S. The summed E-state index contributed by atoms with van der Waals surface area (Å²) in [6.07, 6.45) is 0. The molecule has 2 aromatic heterocycles. The molecule has 3 heterocycles. The lowest BCUT2D eigenvalue weighted by Gasteiger charge is -2.34. The molecule has 1 fully saturated rings. The average Bonchev–Trinajstić information content (AvgIpc) is 3.39. The quantitative estimate of drug-likeness (QED) is 0.428. The van der Waals surface area contributed by atoms with Crippen molar-refractivity contribution in [3.63, 3.8) is 0 Å². The largest absolute Gasteiger partial charge is 0.439 e. The normalized spacial score (nSPS) is 14.7. The summed E-state index contributed by atoms with van der Waals surface area (Å²) >= 11 is 0. The third kappa shape index (κ3) is 4.81. The average molecular weight is 497 g/mol. The van der Waals surface area contributed by atoms with Crippen molar-refractivity contribution in [1.82, 2.24) is 34.9 Å². The Morgan fingerprint density at radius 3 is 2.49 bits per heavy atom. The van der Waals surface area contributed by atoms with Gasteiger partial charge in [-0.15, -0.1) is 10.2 Å². The topological polar surface area (TPSA) is 130 Å². The molecule has 2 aromatic carbocycles. The van der Waals surface area contributed by atoms with Crippen LogP contribution in [0, 0.1) is 12.7 Å². The van der Waals surface area contributed by atoms with Gasteiger partial charge in [0, 0.05) is 32.2 Å². The molecule has 0 atom stereocenters. The minimum atomic E-state index is -3.86. The number of hydrogen-bond acceptors (Lipinski definition) is 9. The van der Waals surface area contributed by atoms with E-state index in [4.69, 9.17) is 4.74 Å². The van der Waals surface area contributed by atoms with Gasteiger partial charge in [0.15, 0.2) is 0 Å². The summed E-state index contributed by atoms with van der Waals surface area (Å²) in [6.45, 7) is 3.07. The highest BCUT2D eigenvalue weighted by Gasteiger charge is 2.30. The van der Waals surface area contributed by atoms with Gasteiger partial charge in [-0.2, -0.15) is 14.5 Å². The Balaban J connectivity index is 1.31. The van der Waals surface area contributed by atoms with E-state index in [0.29, 0.717) is 36.4 Å². The molecule has 1 aliphatic rings. The molecule has 0 aliphatic carbocycles. The highest BCUT2D eigenvalue weighted by molar-refractivity contribution is 7.89. The molecule has 11 nitrogen and oxygen atoms in total. The van der Waals surface area contributed by atoms with Gasteiger partial charge in [-0.25, -0.2) is 17.8 Å². The van der Waals surface area contributed by atoms with Gasteiger partial charge in [-0.1, -0.05) is 18.2 Å². The van der Waals surface area contributed by atoms with E-state index in [1.54, 1.807) is 13.0 Å². The number of anilines is 1. The summed E-state index contributed by atoms with van der Waals surface area (Å²) in [5, 5.41) is 13.1. The first kappa shape index (κ1) is 22.8. The second kappa shape index (κ2) is 9.35. The van der Waals surface area contributed by atoms with Crippen molar-refractivity contribution in [2.75, 3.05) is 31.1 Å². The van der Waals surface area contributed by atoms with Crippen LogP contribution in [0.5, 0.6) is 11.6 Å². The number of ether oxygens (including phenoxy) is 1. The molecular weight excluding hydrogens is 475 g/mol. The number of piperazine rings is 1. The number of para-hydroxylation sites is 1. The molecule has 0 spiro atoms. The molecule has 0 amide bonds. The number of aromatic amines is 1. The number of H-pyrrole nitrogens is 1. The van der Waals surface area contributed by atoms with E-state index in [0.717, 1.165) is 6.07 Å². The number of nitrogens with zero attached hydrogens (tertiary/aromatic N) is 7. The second-order valence-corrected chi connectivity index (χ2v) is 9.73. The lowest BCUT2D eigenvalue weighted by atomic mass is 10.2. The zero-order chi connectivity index (χ0) is 24.4. The van der Waals surface area contributed by atoms with Crippen molar-refractivity contribution in [3.8, 4) is 23.0 Å². The Bertz CT molecular complexity index is 1430. The summed E-state index contributed by atoms with van der Waals surface area (Å²) < 4.78 is 48.0. The Hall–Kier alpha value is -3.97. The number of halogens is 1. The van der Waals surface area contributed by atoms with Crippen LogP contribution < -0.4 is 9.64 Å². The van der Waals surface area contributed by atoms with Gasteiger partial charge < -0.3 is 9.64 Å². The number of hydrogen-bond donors (Lipinski definition) is 1. The van der Waals surface area contributed by atoms with E-state index in [1.807, 2.05) is 35.2 Å². The molecule has 1 aliphatic heterocycles. The first-order valence-corrected chi connectivity index (χ1v) is 12.2. The van der Waals surface area contributed by atoms with Crippen LogP contribution in [0.15, 0.2) is 59.5 Å². The van der Waals surface area contributed by atoms with Gasteiger partial charge in [0.2, 0.25) is 21.7 Å². The molecule has 180 valence electrons. The van der Waals surface area contributed by atoms with Crippen molar-refractivity contribution in [2.45, 2.75) is 11.8 Å². The van der Waals surface area contributed by atoms with Crippen molar-refractivity contribution in [2.24, 2.45) is 0 Å². The minimum Gasteiger partial charge on any atom is -0.439 e. The number of tetrazole rings is 1. The summed E-state index contributed by atoms with van der Waals surface area (Å²) in [5.74, 6) is 1.62. The van der Waals surface area contributed by atoms with Crippen molar-refractivity contribution in [1.29, 1.82) is 0 Å². The first-order chi connectivity index (χ1) is 16.9. The first-order valence-electron chi connectivity index (χ1n) is 10.8. The second-order valence-electron chi connectivity index (χ2n) is 7.79. The van der Waals surface area contributed by atoms with Crippen LogP contribution >= 0.6 is 0 Å². The zero-order valence-electron chi connectivity index (χ0n) is 18.7. The highest BCUT2D eigenvalue weighted by atomic mass is 32.2. The number of aromatic nitrogens is 6. The molecule has 0 bridgehead atoms. The predicted molar refractivity (Wildman–Crippen MR) is 124 cm³/mol. The van der Waals surface area contributed by atoms with Crippen LogP contribution in [0.2, 0.25) is 0 Å². The number of rotatable bonds is 6. The van der Waals surface area contributed by atoms with Crippen LogP contribution in [0.4, 0.5) is 10.2 Å². The van der Waals surface area contributed by atoms with Crippen LogP contribution in [0.3, 0.4) is 0 Å². The number of benzene rings is 2. The van der Waals surface area contributed by atoms with Crippen molar-refractivity contribution < 1.29 is 17.5 Å². The molecule has 35 heavy (non-hydrogen) atoms. The number of nitrogens with one attached hydrogen (secondary N) is 1. The smallest absolute Gasteiger partial charge is 0.243 e. The summed E-state index contributed by atoms with van der Waals surface area (Å²) in [5.41, 5.74) is -0.0409. The molecule has 5 rings (SSSR count). The highest BCUT2D eigenvalue weighted by Crippen LogP contribution is 2.27. The lowest BCUT2D eigenvalue weighted by Crippen LogP contribution is -2.49. The monoisotopic (exact) mass is 496 g/mol. The summed E-state index contributed by atoms with van der Waals surface area (Å²) in [7, 11) is -3.86. The van der Waals surface area contributed by atoms with Gasteiger partial charge in [-0.05, 0) is 42.5 Å². The zero-order valence-corrected chi connectivity index (χ0v) is 19.5. The predicted octanol–water partition coefficient (Wildman–Crippen LogP) is 2.41. The van der Waals surface area contributed by atoms with E-state index >= 15 is 0 Å². The molecule has 1 saturated heterocycles. The van der Waals surface area contributed by atoms with E-state index in [-0.39, 0.29) is 29.4 Å². The maximum Gasteiger partial charge on any atom is 0.243 e. The molecule has 13 heteroatoms. The van der Waals surface area contributed by atoms with Gasteiger partial charge in [0.05, 0.1) is 10.5 Å². The molecule has 0 saturated carbocycles. The fourth-order valence-corrected chi connectivity index (χ4v) is 5.22. The van der Waals surface area contributed by atoms with Crippen LogP contribution in [-0.2, 0) is 10.0 Å².